The Morgan fingerprint density at radius 1 is 1.24 bits per heavy atom. The lowest BCUT2D eigenvalue weighted by Crippen LogP contribution is -2.49. The van der Waals surface area contributed by atoms with E-state index in [1.165, 1.54) is 25.7 Å². The number of hydrogen-bond acceptors (Lipinski definition) is 3. The van der Waals surface area contributed by atoms with E-state index in [0.29, 0.717) is 6.04 Å². The van der Waals surface area contributed by atoms with Crippen LogP contribution in [0.25, 0.3) is 0 Å². The van der Waals surface area contributed by atoms with Crippen LogP contribution >= 0.6 is 0 Å². The number of rotatable bonds is 7. The van der Waals surface area contributed by atoms with Crippen molar-refractivity contribution in [3.8, 4) is 0 Å². The third kappa shape index (κ3) is 3.67. The second-order valence-corrected chi connectivity index (χ2v) is 5.82. The van der Waals surface area contributed by atoms with Crippen molar-refractivity contribution in [3.05, 3.63) is 0 Å². The van der Waals surface area contributed by atoms with Crippen molar-refractivity contribution in [2.24, 2.45) is 0 Å². The molecule has 0 amide bonds. The fraction of sp³-hybridized carbons (Fsp3) is 1.00. The SMILES string of the molecule is CNC(CCC(C)(C)OC)C1(OC)CCCC1. The lowest BCUT2D eigenvalue weighted by Gasteiger charge is -2.38. The molecule has 1 unspecified atom stereocenters. The summed E-state index contributed by atoms with van der Waals surface area (Å²) < 4.78 is 11.3. The normalized spacial score (nSPS) is 21.7. The maximum atomic E-state index is 5.85. The van der Waals surface area contributed by atoms with E-state index in [4.69, 9.17) is 9.47 Å². The van der Waals surface area contributed by atoms with Gasteiger partial charge in [0.1, 0.15) is 0 Å². The number of nitrogens with one attached hydrogen (secondary N) is 1. The topological polar surface area (TPSA) is 30.5 Å². The largest absolute Gasteiger partial charge is 0.379 e. The summed E-state index contributed by atoms with van der Waals surface area (Å²) >= 11 is 0. The molecule has 0 saturated heterocycles. The molecule has 17 heavy (non-hydrogen) atoms. The number of likely N-dealkylation sites (N-methyl/N-ethyl adjacent to an activating group) is 1. The Labute approximate surface area is 106 Å². The molecule has 1 aliphatic carbocycles. The molecule has 0 aromatic rings. The lowest BCUT2D eigenvalue weighted by atomic mass is 9.86. The highest BCUT2D eigenvalue weighted by Crippen LogP contribution is 2.37. The first kappa shape index (κ1) is 14.9. The monoisotopic (exact) mass is 243 g/mol. The average Bonchev–Trinajstić information content (AvgIpc) is 2.80. The second kappa shape index (κ2) is 6.17. The molecule has 1 saturated carbocycles. The molecule has 0 bridgehead atoms. The van der Waals surface area contributed by atoms with Crippen LogP contribution in [-0.4, -0.2) is 38.5 Å². The zero-order chi connectivity index (χ0) is 12.9. The van der Waals surface area contributed by atoms with Crippen molar-refractivity contribution in [2.75, 3.05) is 21.3 Å². The smallest absolute Gasteiger partial charge is 0.0830 e. The van der Waals surface area contributed by atoms with Gasteiger partial charge in [-0.3, -0.25) is 0 Å². The summed E-state index contributed by atoms with van der Waals surface area (Å²) in [5.74, 6) is 0. The molecule has 0 aromatic carbocycles. The van der Waals surface area contributed by atoms with Crippen molar-refractivity contribution in [1.29, 1.82) is 0 Å². The molecule has 1 N–H and O–H groups in total. The molecular formula is C14H29NO2. The van der Waals surface area contributed by atoms with E-state index in [9.17, 15) is 0 Å². The van der Waals surface area contributed by atoms with E-state index in [-0.39, 0.29) is 11.2 Å². The van der Waals surface area contributed by atoms with Crippen LogP contribution in [0.4, 0.5) is 0 Å². The van der Waals surface area contributed by atoms with Gasteiger partial charge in [0.25, 0.3) is 0 Å². The van der Waals surface area contributed by atoms with Crippen molar-refractivity contribution in [1.82, 2.24) is 5.32 Å². The van der Waals surface area contributed by atoms with Crippen molar-refractivity contribution >= 4 is 0 Å². The van der Waals surface area contributed by atoms with Gasteiger partial charge in [0, 0.05) is 20.3 Å². The van der Waals surface area contributed by atoms with Crippen molar-refractivity contribution in [2.45, 2.75) is 69.6 Å². The molecule has 1 rings (SSSR count). The summed E-state index contributed by atoms with van der Waals surface area (Å²) in [5.41, 5.74) is 0.0151. The van der Waals surface area contributed by atoms with Crippen LogP contribution in [0.5, 0.6) is 0 Å². The summed E-state index contributed by atoms with van der Waals surface area (Å²) in [4.78, 5) is 0. The Hall–Kier alpha value is -0.120. The lowest BCUT2D eigenvalue weighted by molar-refractivity contribution is -0.0466. The van der Waals surface area contributed by atoms with E-state index in [0.717, 1.165) is 12.8 Å². The summed E-state index contributed by atoms with van der Waals surface area (Å²) in [7, 11) is 5.69. The molecule has 3 nitrogen and oxygen atoms in total. The van der Waals surface area contributed by atoms with Crippen LogP contribution in [0.15, 0.2) is 0 Å². The van der Waals surface area contributed by atoms with E-state index < -0.39 is 0 Å². The van der Waals surface area contributed by atoms with Gasteiger partial charge in [-0.1, -0.05) is 12.8 Å². The molecule has 1 atom stereocenters. The minimum atomic E-state index is -0.0391. The minimum absolute atomic E-state index is 0.0391. The molecular weight excluding hydrogens is 214 g/mol. The van der Waals surface area contributed by atoms with Gasteiger partial charge < -0.3 is 14.8 Å². The zero-order valence-corrected chi connectivity index (χ0v) is 12.1. The highest BCUT2D eigenvalue weighted by Gasteiger charge is 2.41. The maximum Gasteiger partial charge on any atom is 0.0830 e. The highest BCUT2D eigenvalue weighted by atomic mass is 16.5. The van der Waals surface area contributed by atoms with Gasteiger partial charge in [-0.25, -0.2) is 0 Å². The Morgan fingerprint density at radius 3 is 2.24 bits per heavy atom. The first-order valence-corrected chi connectivity index (χ1v) is 6.77. The maximum absolute atomic E-state index is 5.85. The Bertz CT molecular complexity index is 222. The van der Waals surface area contributed by atoms with Gasteiger partial charge in [0.2, 0.25) is 0 Å². The van der Waals surface area contributed by atoms with Crippen LogP contribution in [0.2, 0.25) is 0 Å². The molecule has 0 radical (unpaired) electrons. The van der Waals surface area contributed by atoms with Gasteiger partial charge in [-0.05, 0) is 46.6 Å². The van der Waals surface area contributed by atoms with Crippen LogP contribution in [-0.2, 0) is 9.47 Å². The molecule has 3 heteroatoms. The van der Waals surface area contributed by atoms with Gasteiger partial charge in [0.15, 0.2) is 0 Å². The predicted molar refractivity (Wildman–Crippen MR) is 71.4 cm³/mol. The third-order valence-electron chi connectivity index (χ3n) is 4.43. The zero-order valence-electron chi connectivity index (χ0n) is 12.1. The fourth-order valence-electron chi connectivity index (χ4n) is 2.93. The first-order valence-electron chi connectivity index (χ1n) is 6.77. The van der Waals surface area contributed by atoms with Gasteiger partial charge in [-0.15, -0.1) is 0 Å². The first-order chi connectivity index (χ1) is 7.99. The molecule has 1 fully saturated rings. The molecule has 0 heterocycles. The summed E-state index contributed by atoms with van der Waals surface area (Å²) in [6, 6.07) is 0.435. The van der Waals surface area contributed by atoms with E-state index >= 15 is 0 Å². The minimum Gasteiger partial charge on any atom is -0.379 e. The molecule has 0 aliphatic heterocycles. The molecule has 1 aliphatic rings. The number of hydrogen-bond donors (Lipinski definition) is 1. The fourth-order valence-corrected chi connectivity index (χ4v) is 2.93. The van der Waals surface area contributed by atoms with Crippen LogP contribution in [0.1, 0.15) is 52.4 Å². The highest BCUT2D eigenvalue weighted by molar-refractivity contribution is 4.97. The predicted octanol–water partition coefficient (Wildman–Crippen LogP) is 2.74. The number of ether oxygens (including phenoxy) is 2. The summed E-state index contributed by atoms with van der Waals surface area (Å²) in [6.45, 7) is 4.29. The van der Waals surface area contributed by atoms with E-state index in [2.05, 4.69) is 19.2 Å². The summed E-state index contributed by atoms with van der Waals surface area (Å²) in [6.07, 6.45) is 7.11. The van der Waals surface area contributed by atoms with Gasteiger partial charge in [-0.2, -0.15) is 0 Å². The average molecular weight is 243 g/mol. The molecule has 0 aromatic heterocycles. The second-order valence-electron chi connectivity index (χ2n) is 5.82. The summed E-state index contributed by atoms with van der Waals surface area (Å²) in [5, 5.41) is 3.45. The Balaban J connectivity index is 2.58. The molecule has 102 valence electrons. The molecule has 0 spiro atoms. The third-order valence-corrected chi connectivity index (χ3v) is 4.43. The van der Waals surface area contributed by atoms with Crippen molar-refractivity contribution in [3.63, 3.8) is 0 Å². The van der Waals surface area contributed by atoms with E-state index in [1.54, 1.807) is 7.11 Å². The van der Waals surface area contributed by atoms with Crippen LogP contribution in [0, 0.1) is 0 Å². The van der Waals surface area contributed by atoms with Gasteiger partial charge in [0.05, 0.1) is 11.2 Å². The van der Waals surface area contributed by atoms with E-state index in [1.807, 2.05) is 14.2 Å². The Kier molecular flexibility index (Phi) is 5.42. The van der Waals surface area contributed by atoms with Gasteiger partial charge >= 0.3 is 0 Å². The standard InChI is InChI=1S/C14H29NO2/c1-13(2,16-4)11-8-12(15-3)14(17-5)9-6-7-10-14/h12,15H,6-11H2,1-5H3. The number of methoxy groups -OCH3 is 2. The van der Waals surface area contributed by atoms with Crippen molar-refractivity contribution < 1.29 is 9.47 Å². The van der Waals surface area contributed by atoms with Crippen LogP contribution < -0.4 is 5.32 Å². The quantitative estimate of drug-likeness (QED) is 0.746. The van der Waals surface area contributed by atoms with Crippen LogP contribution in [0.3, 0.4) is 0 Å². The Morgan fingerprint density at radius 2 is 1.82 bits per heavy atom.